The summed E-state index contributed by atoms with van der Waals surface area (Å²) < 4.78 is 5.47. The number of hydrogen-bond acceptors (Lipinski definition) is 5. The number of ether oxygens (including phenoxy) is 1. The van der Waals surface area contributed by atoms with Gasteiger partial charge in [-0.3, -0.25) is 9.80 Å². The third kappa shape index (κ3) is 6.37. The number of hydrogen-bond donors (Lipinski definition) is 2. The third-order valence-electron chi connectivity index (χ3n) is 6.75. The van der Waals surface area contributed by atoms with E-state index in [0.717, 1.165) is 12.0 Å². The van der Waals surface area contributed by atoms with E-state index in [2.05, 4.69) is 29.4 Å². The highest BCUT2D eigenvalue weighted by molar-refractivity contribution is 5.95. The minimum Gasteiger partial charge on any atom is -0.463 e. The molecule has 1 atom stereocenters. The van der Waals surface area contributed by atoms with Gasteiger partial charge in [-0.2, -0.15) is 0 Å². The predicted molar refractivity (Wildman–Crippen MR) is 140 cm³/mol. The zero-order valence-electron chi connectivity index (χ0n) is 22.3. The smallest absolute Gasteiger partial charge is 0.338 e. The first-order chi connectivity index (χ1) is 17.3. The molecule has 0 saturated carbocycles. The van der Waals surface area contributed by atoms with Crippen molar-refractivity contribution >= 4 is 18.0 Å². The molecule has 1 saturated heterocycles. The molecular weight excluding hydrogens is 458 g/mol. The lowest BCUT2D eigenvalue weighted by Crippen LogP contribution is -2.55. The van der Waals surface area contributed by atoms with E-state index in [1.54, 1.807) is 11.8 Å². The molecule has 9 heteroatoms. The van der Waals surface area contributed by atoms with E-state index in [-0.39, 0.29) is 18.7 Å². The molecular formula is C27H41N5O4. The van der Waals surface area contributed by atoms with Gasteiger partial charge in [-0.25, -0.2) is 14.4 Å². The normalized spacial score (nSPS) is 18.9. The molecule has 1 aromatic carbocycles. The second-order valence-corrected chi connectivity index (χ2v) is 9.52. The summed E-state index contributed by atoms with van der Waals surface area (Å²) in [5.74, 6) is -0.0320. The highest BCUT2D eigenvalue weighted by Crippen LogP contribution is 2.33. The van der Waals surface area contributed by atoms with Crippen molar-refractivity contribution in [1.29, 1.82) is 0 Å². The van der Waals surface area contributed by atoms with E-state index >= 15 is 0 Å². The number of carbonyl (C=O) groups excluding carboxylic acids is 3. The lowest BCUT2D eigenvalue weighted by molar-refractivity contribution is -0.139. The molecule has 0 aromatic heterocycles. The molecule has 2 aliphatic heterocycles. The molecule has 3 rings (SSSR count). The van der Waals surface area contributed by atoms with Crippen molar-refractivity contribution in [3.05, 3.63) is 46.7 Å². The zero-order chi connectivity index (χ0) is 26.2. The monoisotopic (exact) mass is 499 g/mol. The van der Waals surface area contributed by atoms with Crippen LogP contribution >= 0.6 is 0 Å². The lowest BCUT2D eigenvalue weighted by Gasteiger charge is -2.40. The average Bonchev–Trinajstić information content (AvgIpc) is 2.87. The number of nitrogens with zero attached hydrogens (tertiary/aromatic N) is 3. The molecule has 0 spiro atoms. The minimum atomic E-state index is -0.586. The molecule has 198 valence electrons. The Balaban J connectivity index is 1.90. The van der Waals surface area contributed by atoms with Crippen molar-refractivity contribution in [2.24, 2.45) is 0 Å². The summed E-state index contributed by atoms with van der Waals surface area (Å²) in [7, 11) is 0. The Bertz CT molecular complexity index is 951. The number of amides is 4. The minimum absolute atomic E-state index is 0.0416. The SMILES string of the molecule is CCCNC(=O)N1CCN(CC2=C(C(=O)OCC)C(c3ccc(C(C)C)cc3)NC(=O)N2CC)CC1. The van der Waals surface area contributed by atoms with Crippen molar-refractivity contribution in [2.75, 3.05) is 52.4 Å². The van der Waals surface area contributed by atoms with Gasteiger partial charge in [-0.15, -0.1) is 0 Å². The van der Waals surface area contributed by atoms with Crippen LogP contribution in [0.1, 0.15) is 64.1 Å². The molecule has 4 amide bonds. The van der Waals surface area contributed by atoms with Gasteiger partial charge < -0.3 is 20.3 Å². The van der Waals surface area contributed by atoms with Crippen molar-refractivity contribution in [1.82, 2.24) is 25.3 Å². The second-order valence-electron chi connectivity index (χ2n) is 9.52. The summed E-state index contributed by atoms with van der Waals surface area (Å²) in [5.41, 5.74) is 3.18. The van der Waals surface area contributed by atoms with E-state index in [1.807, 2.05) is 43.0 Å². The Hall–Kier alpha value is -3.07. The molecule has 1 fully saturated rings. The maximum Gasteiger partial charge on any atom is 0.338 e. The number of benzene rings is 1. The molecule has 2 heterocycles. The van der Waals surface area contributed by atoms with Crippen LogP contribution in [0.15, 0.2) is 35.5 Å². The Morgan fingerprint density at radius 1 is 1.08 bits per heavy atom. The number of urea groups is 2. The number of carbonyl (C=O) groups is 3. The van der Waals surface area contributed by atoms with Crippen molar-refractivity contribution in [2.45, 2.75) is 53.0 Å². The molecule has 0 radical (unpaired) electrons. The van der Waals surface area contributed by atoms with Gasteiger partial charge in [0.05, 0.1) is 18.2 Å². The Morgan fingerprint density at radius 3 is 2.31 bits per heavy atom. The second kappa shape index (κ2) is 12.8. The highest BCUT2D eigenvalue weighted by Gasteiger charge is 2.38. The van der Waals surface area contributed by atoms with E-state index in [0.29, 0.717) is 63.0 Å². The summed E-state index contributed by atoms with van der Waals surface area (Å²) in [4.78, 5) is 44.4. The van der Waals surface area contributed by atoms with Crippen LogP contribution in [0.5, 0.6) is 0 Å². The summed E-state index contributed by atoms with van der Waals surface area (Å²) in [6, 6.07) is 7.19. The van der Waals surface area contributed by atoms with E-state index in [4.69, 9.17) is 4.74 Å². The topological polar surface area (TPSA) is 94.2 Å². The van der Waals surface area contributed by atoms with Crippen molar-refractivity contribution in [3.63, 3.8) is 0 Å². The maximum atomic E-state index is 13.3. The largest absolute Gasteiger partial charge is 0.463 e. The Morgan fingerprint density at radius 2 is 1.75 bits per heavy atom. The van der Waals surface area contributed by atoms with Crippen molar-refractivity contribution < 1.29 is 19.1 Å². The van der Waals surface area contributed by atoms with Gasteiger partial charge in [0, 0.05) is 51.5 Å². The van der Waals surface area contributed by atoms with Crippen LogP contribution in [0.3, 0.4) is 0 Å². The van der Waals surface area contributed by atoms with Crippen LogP contribution in [0, 0.1) is 0 Å². The molecule has 9 nitrogen and oxygen atoms in total. The fourth-order valence-electron chi connectivity index (χ4n) is 4.65. The number of piperazine rings is 1. The molecule has 36 heavy (non-hydrogen) atoms. The van der Waals surface area contributed by atoms with Crippen LogP contribution in [-0.2, 0) is 9.53 Å². The predicted octanol–water partition coefficient (Wildman–Crippen LogP) is 3.45. The van der Waals surface area contributed by atoms with Crippen LogP contribution in [0.4, 0.5) is 9.59 Å². The summed E-state index contributed by atoms with van der Waals surface area (Å²) in [6.45, 7) is 14.3. The standard InChI is InChI=1S/C27H41N5O4/c1-6-13-28-26(34)31-16-14-30(15-17-31)18-22-23(25(33)36-8-3)24(29-27(35)32(22)7-2)21-11-9-20(10-12-21)19(4)5/h9-12,19,24H,6-8,13-18H2,1-5H3,(H,28,34)(H,29,35). The fraction of sp³-hybridized carbons (Fsp3) is 0.593. The zero-order valence-corrected chi connectivity index (χ0v) is 22.3. The van der Waals surface area contributed by atoms with Crippen LogP contribution in [-0.4, -0.2) is 85.2 Å². The third-order valence-corrected chi connectivity index (χ3v) is 6.75. The number of nitrogens with one attached hydrogen (secondary N) is 2. The average molecular weight is 500 g/mol. The van der Waals surface area contributed by atoms with Gasteiger partial charge in [0.15, 0.2) is 0 Å². The van der Waals surface area contributed by atoms with Gasteiger partial charge in [0.25, 0.3) is 0 Å². The van der Waals surface area contributed by atoms with Gasteiger partial charge in [0.2, 0.25) is 0 Å². The van der Waals surface area contributed by atoms with E-state index in [1.165, 1.54) is 5.56 Å². The molecule has 1 aromatic rings. The summed E-state index contributed by atoms with van der Waals surface area (Å²) in [5, 5.41) is 5.96. The van der Waals surface area contributed by atoms with Gasteiger partial charge in [-0.1, -0.05) is 45.0 Å². The van der Waals surface area contributed by atoms with Crippen LogP contribution in [0.2, 0.25) is 0 Å². The first-order valence-electron chi connectivity index (χ1n) is 13.1. The number of rotatable bonds is 9. The number of likely N-dealkylation sites (N-methyl/N-ethyl adjacent to an activating group) is 1. The van der Waals surface area contributed by atoms with E-state index < -0.39 is 12.0 Å². The number of esters is 1. The van der Waals surface area contributed by atoms with Gasteiger partial charge in [-0.05, 0) is 37.3 Å². The first-order valence-corrected chi connectivity index (χ1v) is 13.1. The van der Waals surface area contributed by atoms with Crippen molar-refractivity contribution in [3.8, 4) is 0 Å². The molecule has 0 aliphatic carbocycles. The fourth-order valence-corrected chi connectivity index (χ4v) is 4.65. The quantitative estimate of drug-likeness (QED) is 0.508. The van der Waals surface area contributed by atoms with E-state index in [9.17, 15) is 14.4 Å². The molecule has 0 bridgehead atoms. The molecule has 2 N–H and O–H groups in total. The Labute approximate surface area is 214 Å². The highest BCUT2D eigenvalue weighted by atomic mass is 16.5. The summed E-state index contributed by atoms with van der Waals surface area (Å²) in [6.07, 6.45) is 0.896. The summed E-state index contributed by atoms with van der Waals surface area (Å²) >= 11 is 0. The van der Waals surface area contributed by atoms with Crippen LogP contribution < -0.4 is 10.6 Å². The first kappa shape index (κ1) is 27.5. The van der Waals surface area contributed by atoms with Crippen LogP contribution in [0.25, 0.3) is 0 Å². The Kier molecular flexibility index (Phi) is 9.75. The lowest BCUT2D eigenvalue weighted by atomic mass is 9.92. The molecule has 1 unspecified atom stereocenters. The van der Waals surface area contributed by atoms with Gasteiger partial charge in [0.1, 0.15) is 0 Å². The molecule has 2 aliphatic rings. The maximum absolute atomic E-state index is 13.3. The van der Waals surface area contributed by atoms with Gasteiger partial charge >= 0.3 is 18.0 Å².